The molecule has 0 aliphatic carbocycles. The smallest absolute Gasteiger partial charge is 0.166 e. The van der Waals surface area contributed by atoms with Crippen LogP contribution in [0.5, 0.6) is 5.75 Å². The van der Waals surface area contributed by atoms with Crippen LogP contribution in [0.3, 0.4) is 0 Å². The van der Waals surface area contributed by atoms with E-state index in [9.17, 15) is 9.59 Å². The van der Waals surface area contributed by atoms with Crippen molar-refractivity contribution in [2.45, 2.75) is 38.9 Å². The van der Waals surface area contributed by atoms with E-state index in [2.05, 4.69) is 0 Å². The molecule has 1 aliphatic rings. The summed E-state index contributed by atoms with van der Waals surface area (Å²) >= 11 is 12.3. The molecule has 7 heteroatoms. The SMILES string of the molecule is CC(=O)C(=Cc1cccc(Cl)c1Cl)C(=O)CC(COc1ccccc1)COC1CCCCO1. The lowest BCUT2D eigenvalue weighted by atomic mass is 9.95. The minimum atomic E-state index is -0.338. The molecule has 0 spiro atoms. The van der Waals surface area contributed by atoms with Crippen molar-refractivity contribution in [3.63, 3.8) is 0 Å². The lowest BCUT2D eigenvalue weighted by molar-refractivity contribution is -0.171. The van der Waals surface area contributed by atoms with Crippen LogP contribution >= 0.6 is 23.2 Å². The van der Waals surface area contributed by atoms with Crippen molar-refractivity contribution in [3.05, 3.63) is 69.7 Å². The topological polar surface area (TPSA) is 61.8 Å². The Bertz CT molecular complexity index is 968. The first-order valence-electron chi connectivity index (χ1n) is 11.0. The molecule has 0 radical (unpaired) electrons. The van der Waals surface area contributed by atoms with E-state index in [0.29, 0.717) is 28.0 Å². The molecule has 0 bridgehead atoms. The lowest BCUT2D eigenvalue weighted by Gasteiger charge is -2.25. The van der Waals surface area contributed by atoms with Gasteiger partial charge in [-0.3, -0.25) is 9.59 Å². The second-order valence-corrected chi connectivity index (χ2v) is 8.79. The average molecular weight is 491 g/mol. The van der Waals surface area contributed by atoms with Gasteiger partial charge in [0, 0.05) is 18.9 Å². The molecular formula is C26H28Cl2O5. The highest BCUT2D eigenvalue weighted by atomic mass is 35.5. The van der Waals surface area contributed by atoms with Crippen LogP contribution in [0, 0.1) is 5.92 Å². The zero-order valence-electron chi connectivity index (χ0n) is 18.6. The summed E-state index contributed by atoms with van der Waals surface area (Å²) in [6.45, 7) is 2.59. The zero-order chi connectivity index (χ0) is 23.6. The third-order valence-electron chi connectivity index (χ3n) is 5.32. The summed E-state index contributed by atoms with van der Waals surface area (Å²) in [5.41, 5.74) is 0.587. The van der Waals surface area contributed by atoms with Crippen molar-refractivity contribution in [1.82, 2.24) is 0 Å². The predicted octanol–water partition coefficient (Wildman–Crippen LogP) is 6.16. The third-order valence-corrected chi connectivity index (χ3v) is 6.15. The van der Waals surface area contributed by atoms with Gasteiger partial charge < -0.3 is 14.2 Å². The van der Waals surface area contributed by atoms with Crippen molar-refractivity contribution < 1.29 is 23.8 Å². The van der Waals surface area contributed by atoms with Crippen LogP contribution in [-0.2, 0) is 19.1 Å². The summed E-state index contributed by atoms with van der Waals surface area (Å²) in [7, 11) is 0. The normalized spacial score (nSPS) is 17.4. The summed E-state index contributed by atoms with van der Waals surface area (Å²) in [6.07, 6.45) is 4.21. The molecule has 0 amide bonds. The van der Waals surface area contributed by atoms with Crippen molar-refractivity contribution in [2.75, 3.05) is 19.8 Å². The number of para-hydroxylation sites is 1. The second kappa shape index (κ2) is 12.9. The molecular weight excluding hydrogens is 463 g/mol. The lowest BCUT2D eigenvalue weighted by Crippen LogP contribution is -2.29. The molecule has 1 fully saturated rings. The number of rotatable bonds is 11. The maximum atomic E-state index is 13.2. The first kappa shape index (κ1) is 25.4. The fraction of sp³-hybridized carbons (Fsp3) is 0.385. The number of halogens is 2. The van der Waals surface area contributed by atoms with Crippen LogP contribution in [0.15, 0.2) is 54.1 Å². The second-order valence-electron chi connectivity index (χ2n) is 8.00. The Balaban J connectivity index is 1.73. The number of benzene rings is 2. The van der Waals surface area contributed by atoms with Crippen molar-refractivity contribution >= 4 is 40.8 Å². The number of hydrogen-bond donors (Lipinski definition) is 0. The van der Waals surface area contributed by atoms with Gasteiger partial charge in [0.15, 0.2) is 17.9 Å². The van der Waals surface area contributed by atoms with Gasteiger partial charge in [0.2, 0.25) is 0 Å². The number of allylic oxidation sites excluding steroid dienone is 1. The van der Waals surface area contributed by atoms with E-state index < -0.39 is 0 Å². The summed E-state index contributed by atoms with van der Waals surface area (Å²) in [5, 5.41) is 0.656. The quantitative estimate of drug-likeness (QED) is 0.214. The minimum absolute atomic E-state index is 0.0674. The van der Waals surface area contributed by atoms with Gasteiger partial charge in [0.25, 0.3) is 0 Å². The van der Waals surface area contributed by atoms with Crippen LogP contribution in [0.1, 0.15) is 38.2 Å². The Morgan fingerprint density at radius 2 is 1.88 bits per heavy atom. The number of carbonyl (C=O) groups excluding carboxylic acids is 2. The Morgan fingerprint density at radius 3 is 2.58 bits per heavy atom. The zero-order valence-corrected chi connectivity index (χ0v) is 20.1. The minimum Gasteiger partial charge on any atom is -0.493 e. The predicted molar refractivity (Wildman–Crippen MR) is 130 cm³/mol. The molecule has 2 aromatic carbocycles. The summed E-state index contributed by atoms with van der Waals surface area (Å²) in [6, 6.07) is 14.5. The van der Waals surface area contributed by atoms with E-state index in [1.165, 1.54) is 13.0 Å². The van der Waals surface area contributed by atoms with E-state index in [-0.39, 0.29) is 49.0 Å². The molecule has 5 nitrogen and oxygen atoms in total. The number of hydrogen-bond acceptors (Lipinski definition) is 5. The van der Waals surface area contributed by atoms with E-state index >= 15 is 0 Å². The maximum Gasteiger partial charge on any atom is 0.166 e. The molecule has 2 aromatic rings. The molecule has 1 saturated heterocycles. The average Bonchev–Trinajstić information content (AvgIpc) is 2.82. The molecule has 3 rings (SSSR count). The molecule has 2 unspecified atom stereocenters. The molecule has 0 aromatic heterocycles. The molecule has 0 saturated carbocycles. The van der Waals surface area contributed by atoms with Crippen molar-refractivity contribution in [2.24, 2.45) is 5.92 Å². The van der Waals surface area contributed by atoms with Gasteiger partial charge in [-0.1, -0.05) is 53.5 Å². The number of ketones is 2. The molecule has 2 atom stereocenters. The third kappa shape index (κ3) is 7.97. The van der Waals surface area contributed by atoms with Crippen LogP contribution < -0.4 is 4.74 Å². The van der Waals surface area contributed by atoms with Gasteiger partial charge in [-0.05, 0) is 56.0 Å². The number of carbonyl (C=O) groups is 2. The molecule has 176 valence electrons. The standard InChI is InChI=1S/C26H28Cl2O5/c1-18(29)22(15-20-8-7-11-23(27)26(20)28)24(30)14-19(16-32-21-9-3-2-4-10-21)17-33-25-12-5-6-13-31-25/h2-4,7-11,15,19,25H,5-6,12-14,16-17H2,1H3. The Hall–Kier alpha value is -2.18. The number of ether oxygens (including phenoxy) is 3. The maximum absolute atomic E-state index is 13.2. The molecule has 1 heterocycles. The van der Waals surface area contributed by atoms with Gasteiger partial charge in [-0.15, -0.1) is 0 Å². The highest BCUT2D eigenvalue weighted by Crippen LogP contribution is 2.28. The summed E-state index contributed by atoms with van der Waals surface area (Å²) in [5.74, 6) is -0.193. The summed E-state index contributed by atoms with van der Waals surface area (Å²) < 4.78 is 17.5. The van der Waals surface area contributed by atoms with Crippen molar-refractivity contribution in [1.29, 1.82) is 0 Å². The first-order chi connectivity index (χ1) is 15.9. The highest BCUT2D eigenvalue weighted by Gasteiger charge is 2.23. The van der Waals surface area contributed by atoms with Crippen LogP contribution in [-0.4, -0.2) is 37.7 Å². The van der Waals surface area contributed by atoms with Gasteiger partial charge in [-0.25, -0.2) is 0 Å². The fourth-order valence-electron chi connectivity index (χ4n) is 3.52. The Kier molecular flexibility index (Phi) is 9.95. The molecule has 33 heavy (non-hydrogen) atoms. The Labute approximate surface area is 204 Å². The monoisotopic (exact) mass is 490 g/mol. The van der Waals surface area contributed by atoms with Crippen molar-refractivity contribution in [3.8, 4) is 5.75 Å². The fourth-order valence-corrected chi connectivity index (χ4v) is 3.88. The van der Waals surface area contributed by atoms with E-state index in [1.807, 2.05) is 30.3 Å². The van der Waals surface area contributed by atoms with Crippen LogP contribution in [0.25, 0.3) is 6.08 Å². The van der Waals surface area contributed by atoms with E-state index in [4.69, 9.17) is 37.4 Å². The van der Waals surface area contributed by atoms with E-state index in [0.717, 1.165) is 19.3 Å². The first-order valence-corrected chi connectivity index (χ1v) is 11.8. The van der Waals surface area contributed by atoms with E-state index in [1.54, 1.807) is 18.2 Å². The Morgan fingerprint density at radius 1 is 1.09 bits per heavy atom. The molecule has 0 N–H and O–H groups in total. The largest absolute Gasteiger partial charge is 0.493 e. The van der Waals surface area contributed by atoms with Gasteiger partial charge >= 0.3 is 0 Å². The number of Topliss-reactive ketones (excluding diaryl/α,β-unsaturated/α-hetero) is 2. The van der Waals surface area contributed by atoms with Gasteiger partial charge in [0.05, 0.1) is 28.8 Å². The summed E-state index contributed by atoms with van der Waals surface area (Å²) in [4.78, 5) is 25.5. The molecule has 1 aliphatic heterocycles. The van der Waals surface area contributed by atoms with Crippen LogP contribution in [0.4, 0.5) is 0 Å². The highest BCUT2D eigenvalue weighted by molar-refractivity contribution is 6.43. The van der Waals surface area contributed by atoms with Crippen LogP contribution in [0.2, 0.25) is 10.0 Å². The van der Waals surface area contributed by atoms with Gasteiger partial charge in [-0.2, -0.15) is 0 Å². The van der Waals surface area contributed by atoms with Gasteiger partial charge in [0.1, 0.15) is 5.75 Å².